The van der Waals surface area contributed by atoms with Gasteiger partial charge in [-0.3, -0.25) is 4.79 Å². The molecule has 1 atom stereocenters. The summed E-state index contributed by atoms with van der Waals surface area (Å²) in [4.78, 5) is 12.9. The van der Waals surface area contributed by atoms with Gasteiger partial charge < -0.3 is 10.1 Å². The van der Waals surface area contributed by atoms with E-state index in [0.29, 0.717) is 37.2 Å². The molecule has 7 nitrogen and oxygen atoms in total. The third-order valence-corrected chi connectivity index (χ3v) is 6.84. The number of methoxy groups -OCH3 is 1. The zero-order valence-electron chi connectivity index (χ0n) is 16.2. The van der Waals surface area contributed by atoms with Crippen molar-refractivity contribution in [2.75, 3.05) is 25.5 Å². The normalized spacial score (nSPS) is 17.3. The van der Waals surface area contributed by atoms with Crippen molar-refractivity contribution in [3.63, 3.8) is 0 Å². The Hall–Kier alpha value is -2.89. The highest BCUT2D eigenvalue weighted by molar-refractivity contribution is 7.89. The molecule has 1 aliphatic rings. The van der Waals surface area contributed by atoms with Crippen LogP contribution in [0, 0.1) is 17.2 Å². The maximum atomic E-state index is 12.9. The fourth-order valence-electron chi connectivity index (χ4n) is 3.31. The molecule has 1 amide bonds. The summed E-state index contributed by atoms with van der Waals surface area (Å²) in [5.74, 6) is -0.0381. The van der Waals surface area contributed by atoms with Crippen molar-refractivity contribution in [3.05, 3.63) is 54.1 Å². The number of ether oxygens (including phenoxy) is 1. The van der Waals surface area contributed by atoms with Crippen LogP contribution in [0.25, 0.3) is 0 Å². The number of rotatable bonds is 6. The van der Waals surface area contributed by atoms with Crippen molar-refractivity contribution in [2.45, 2.75) is 24.2 Å². The van der Waals surface area contributed by atoms with E-state index in [4.69, 9.17) is 10.00 Å². The number of nitriles is 1. The summed E-state index contributed by atoms with van der Waals surface area (Å²) < 4.78 is 32.3. The molecule has 3 rings (SSSR count). The van der Waals surface area contributed by atoms with Crippen LogP contribution < -0.4 is 10.1 Å². The summed E-state index contributed by atoms with van der Waals surface area (Å²) >= 11 is 0. The number of carbonyl (C=O) groups is 1. The lowest BCUT2D eigenvalue weighted by molar-refractivity contribution is -0.120. The molecule has 1 aliphatic heterocycles. The van der Waals surface area contributed by atoms with Crippen LogP contribution in [-0.4, -0.2) is 38.8 Å². The second-order valence-electron chi connectivity index (χ2n) is 6.90. The molecule has 29 heavy (non-hydrogen) atoms. The van der Waals surface area contributed by atoms with Gasteiger partial charge >= 0.3 is 0 Å². The lowest BCUT2D eigenvalue weighted by Gasteiger charge is -2.31. The number of carbonyl (C=O) groups excluding carboxylic acids is 1. The Morgan fingerprint density at radius 2 is 1.90 bits per heavy atom. The average molecular weight is 413 g/mol. The monoisotopic (exact) mass is 413 g/mol. The minimum Gasteiger partial charge on any atom is -0.497 e. The molecule has 0 spiro atoms. The van der Waals surface area contributed by atoms with Crippen LogP contribution >= 0.6 is 0 Å². The first-order chi connectivity index (χ1) is 13.9. The highest BCUT2D eigenvalue weighted by Gasteiger charge is 2.33. The van der Waals surface area contributed by atoms with Crippen molar-refractivity contribution < 1.29 is 17.9 Å². The fourth-order valence-corrected chi connectivity index (χ4v) is 4.84. The molecule has 0 radical (unpaired) electrons. The number of hydrogen-bond acceptors (Lipinski definition) is 5. The van der Waals surface area contributed by atoms with Crippen LogP contribution in [-0.2, 0) is 21.2 Å². The highest BCUT2D eigenvalue weighted by atomic mass is 32.2. The molecular formula is C21H23N3O4S. The Kier molecular flexibility index (Phi) is 6.52. The summed E-state index contributed by atoms with van der Waals surface area (Å²) in [5.41, 5.74) is 1.51. The third kappa shape index (κ3) is 4.94. The van der Waals surface area contributed by atoms with Gasteiger partial charge in [0, 0.05) is 18.8 Å². The SMILES string of the molecule is COc1ccc(S(=O)(=O)N2CCC[C@H](C(=O)Nc3ccc(CC#N)cc3)C2)cc1. The van der Waals surface area contributed by atoms with Gasteiger partial charge in [0.15, 0.2) is 0 Å². The molecule has 2 aromatic carbocycles. The van der Waals surface area contributed by atoms with Gasteiger partial charge in [-0.1, -0.05) is 12.1 Å². The number of hydrogen-bond donors (Lipinski definition) is 1. The summed E-state index contributed by atoms with van der Waals surface area (Å²) in [5, 5.41) is 11.6. The molecule has 152 valence electrons. The van der Waals surface area contributed by atoms with E-state index in [1.165, 1.54) is 23.5 Å². The maximum Gasteiger partial charge on any atom is 0.243 e. The van der Waals surface area contributed by atoms with Crippen molar-refractivity contribution in [3.8, 4) is 11.8 Å². The van der Waals surface area contributed by atoms with E-state index < -0.39 is 15.9 Å². The van der Waals surface area contributed by atoms with Crippen LogP contribution in [0.4, 0.5) is 5.69 Å². The van der Waals surface area contributed by atoms with E-state index in [2.05, 4.69) is 11.4 Å². The van der Waals surface area contributed by atoms with Gasteiger partial charge in [-0.2, -0.15) is 9.57 Å². The van der Waals surface area contributed by atoms with Crippen LogP contribution in [0.5, 0.6) is 5.75 Å². The summed E-state index contributed by atoms with van der Waals surface area (Å²) in [7, 11) is -2.15. The second kappa shape index (κ2) is 9.07. The summed E-state index contributed by atoms with van der Waals surface area (Å²) in [6.45, 7) is 0.535. The van der Waals surface area contributed by atoms with Gasteiger partial charge in [-0.15, -0.1) is 0 Å². The lowest BCUT2D eigenvalue weighted by atomic mass is 9.98. The number of nitrogens with zero attached hydrogens (tertiary/aromatic N) is 2. The van der Waals surface area contributed by atoms with Gasteiger partial charge in [0.05, 0.1) is 30.4 Å². The van der Waals surface area contributed by atoms with Gasteiger partial charge in [0.1, 0.15) is 5.75 Å². The van der Waals surface area contributed by atoms with Crippen molar-refractivity contribution >= 4 is 21.6 Å². The molecule has 0 aliphatic carbocycles. The van der Waals surface area contributed by atoms with Gasteiger partial charge in [-0.05, 0) is 54.8 Å². The van der Waals surface area contributed by atoms with E-state index in [9.17, 15) is 13.2 Å². The Morgan fingerprint density at radius 3 is 2.52 bits per heavy atom. The lowest BCUT2D eigenvalue weighted by Crippen LogP contribution is -2.43. The Morgan fingerprint density at radius 1 is 1.21 bits per heavy atom. The topological polar surface area (TPSA) is 99.5 Å². The van der Waals surface area contributed by atoms with Crippen molar-refractivity contribution in [1.82, 2.24) is 4.31 Å². The van der Waals surface area contributed by atoms with Crippen LogP contribution in [0.2, 0.25) is 0 Å². The molecule has 1 heterocycles. The van der Waals surface area contributed by atoms with Crippen LogP contribution in [0.3, 0.4) is 0 Å². The number of nitrogens with one attached hydrogen (secondary N) is 1. The Bertz CT molecular complexity index is 996. The Balaban J connectivity index is 1.67. The van der Waals surface area contributed by atoms with Gasteiger partial charge in [0.2, 0.25) is 15.9 Å². The van der Waals surface area contributed by atoms with Crippen molar-refractivity contribution in [1.29, 1.82) is 5.26 Å². The number of amides is 1. The first-order valence-electron chi connectivity index (χ1n) is 9.35. The molecule has 0 saturated carbocycles. The number of sulfonamides is 1. The highest BCUT2D eigenvalue weighted by Crippen LogP contribution is 2.26. The molecule has 1 N–H and O–H groups in total. The van der Waals surface area contributed by atoms with E-state index in [0.717, 1.165) is 5.56 Å². The molecule has 2 aromatic rings. The van der Waals surface area contributed by atoms with E-state index in [1.54, 1.807) is 36.4 Å². The minimum atomic E-state index is -3.67. The third-order valence-electron chi connectivity index (χ3n) is 4.96. The molecule has 1 saturated heterocycles. The fraction of sp³-hybridized carbons (Fsp3) is 0.333. The van der Waals surface area contributed by atoms with Crippen LogP contribution in [0.15, 0.2) is 53.4 Å². The molecular weight excluding hydrogens is 390 g/mol. The van der Waals surface area contributed by atoms with Crippen LogP contribution in [0.1, 0.15) is 18.4 Å². The molecule has 8 heteroatoms. The van der Waals surface area contributed by atoms with E-state index >= 15 is 0 Å². The number of anilines is 1. The standard InChI is InChI=1S/C21H23N3O4S/c1-28-19-8-10-20(11-9-19)29(26,27)24-14-2-3-17(15-24)21(25)23-18-6-4-16(5-7-18)12-13-22/h4-11,17H,2-3,12,14-15H2,1H3,(H,23,25)/t17-/m0/s1. The minimum absolute atomic E-state index is 0.146. The van der Waals surface area contributed by atoms with Gasteiger partial charge in [0.25, 0.3) is 0 Å². The van der Waals surface area contributed by atoms with E-state index in [-0.39, 0.29) is 17.3 Å². The Labute approximate surface area is 171 Å². The quantitative estimate of drug-likeness (QED) is 0.785. The summed E-state index contributed by atoms with van der Waals surface area (Å²) in [6, 6.07) is 15.4. The molecule has 0 aromatic heterocycles. The second-order valence-corrected chi connectivity index (χ2v) is 8.84. The zero-order valence-corrected chi connectivity index (χ0v) is 17.0. The zero-order chi connectivity index (χ0) is 20.9. The van der Waals surface area contributed by atoms with Gasteiger partial charge in [-0.25, -0.2) is 8.42 Å². The smallest absolute Gasteiger partial charge is 0.243 e. The van der Waals surface area contributed by atoms with Crippen molar-refractivity contribution in [2.24, 2.45) is 5.92 Å². The first-order valence-corrected chi connectivity index (χ1v) is 10.8. The largest absolute Gasteiger partial charge is 0.497 e. The maximum absolute atomic E-state index is 12.9. The number of piperidine rings is 1. The first kappa shape index (κ1) is 20.8. The predicted octanol–water partition coefficient (Wildman–Crippen LogP) is 2.80. The predicted molar refractivity (Wildman–Crippen MR) is 109 cm³/mol. The number of benzene rings is 2. The molecule has 1 fully saturated rings. The molecule has 0 bridgehead atoms. The average Bonchev–Trinajstić information content (AvgIpc) is 2.75. The van der Waals surface area contributed by atoms with E-state index in [1.807, 2.05) is 0 Å². The molecule has 0 unspecified atom stereocenters. The summed E-state index contributed by atoms with van der Waals surface area (Å²) in [6.07, 6.45) is 1.57.